The number of hydrogen-bond donors (Lipinski definition) is 3. The van der Waals surface area contributed by atoms with Gasteiger partial charge in [-0.15, -0.1) is 0 Å². The maximum Gasteiger partial charge on any atom is 0.407 e. The molecule has 2 aromatic carbocycles. The van der Waals surface area contributed by atoms with E-state index >= 15 is 0 Å². The van der Waals surface area contributed by atoms with Crippen molar-refractivity contribution in [1.29, 1.82) is 0 Å². The van der Waals surface area contributed by atoms with E-state index in [1.165, 1.54) is 12.1 Å². The van der Waals surface area contributed by atoms with Crippen molar-refractivity contribution >= 4 is 34.5 Å². The minimum absolute atomic E-state index is 0.167. The fourth-order valence-electron chi connectivity index (χ4n) is 4.06. The van der Waals surface area contributed by atoms with Crippen molar-refractivity contribution in [1.82, 2.24) is 15.6 Å². The first kappa shape index (κ1) is 26.5. The van der Waals surface area contributed by atoms with E-state index in [-0.39, 0.29) is 23.6 Å². The predicted molar refractivity (Wildman–Crippen MR) is 138 cm³/mol. The number of carbonyl (C=O) groups is 2. The Balaban J connectivity index is 1.67. The standard InChI is InChI=1S/C27H33ClFN3O3/c1-16(12-17(2)15-31-26(34)35-27(3,4)5)14-30-25(33)24-23(19-8-6-7-9-21(19)28)20-13-18(29)10-11-22(20)32-24/h6-11,13,16-17,32H,12,14-15H2,1-5H3,(H,30,33)(H,31,34)/t16-,17?/m0/s1. The lowest BCUT2D eigenvalue weighted by atomic mass is 9.97. The van der Waals surface area contributed by atoms with Gasteiger partial charge in [-0.2, -0.15) is 0 Å². The van der Waals surface area contributed by atoms with Gasteiger partial charge in [-0.1, -0.05) is 43.6 Å². The Morgan fingerprint density at radius 3 is 2.37 bits per heavy atom. The van der Waals surface area contributed by atoms with E-state index in [9.17, 15) is 14.0 Å². The third-order valence-corrected chi connectivity index (χ3v) is 5.87. The minimum Gasteiger partial charge on any atom is -0.444 e. The first-order valence-electron chi connectivity index (χ1n) is 11.8. The molecule has 0 bridgehead atoms. The van der Waals surface area contributed by atoms with Gasteiger partial charge in [0.15, 0.2) is 0 Å². The molecule has 1 unspecified atom stereocenters. The Kier molecular flexibility index (Phi) is 8.43. The number of fused-ring (bicyclic) bond motifs is 1. The summed E-state index contributed by atoms with van der Waals surface area (Å²) >= 11 is 6.43. The molecule has 35 heavy (non-hydrogen) atoms. The zero-order chi connectivity index (χ0) is 25.8. The van der Waals surface area contributed by atoms with Gasteiger partial charge < -0.3 is 20.4 Å². The van der Waals surface area contributed by atoms with Gasteiger partial charge in [-0.3, -0.25) is 4.79 Å². The van der Waals surface area contributed by atoms with E-state index in [0.29, 0.717) is 45.8 Å². The molecule has 0 saturated carbocycles. The number of benzene rings is 2. The van der Waals surface area contributed by atoms with Gasteiger partial charge in [0.2, 0.25) is 0 Å². The van der Waals surface area contributed by atoms with Crippen molar-refractivity contribution in [2.75, 3.05) is 13.1 Å². The van der Waals surface area contributed by atoms with Crippen LogP contribution in [0.5, 0.6) is 0 Å². The number of hydrogen-bond acceptors (Lipinski definition) is 3. The van der Waals surface area contributed by atoms with Crippen molar-refractivity contribution in [3.8, 4) is 11.1 Å². The maximum atomic E-state index is 14.0. The first-order chi connectivity index (χ1) is 16.4. The molecular weight excluding hydrogens is 469 g/mol. The summed E-state index contributed by atoms with van der Waals surface area (Å²) in [6.07, 6.45) is 0.360. The molecule has 0 saturated heterocycles. The van der Waals surface area contributed by atoms with Crippen molar-refractivity contribution < 1.29 is 18.7 Å². The van der Waals surface area contributed by atoms with Gasteiger partial charge in [0.25, 0.3) is 5.91 Å². The van der Waals surface area contributed by atoms with E-state index in [2.05, 4.69) is 15.6 Å². The lowest BCUT2D eigenvalue weighted by Gasteiger charge is -2.22. The molecule has 8 heteroatoms. The van der Waals surface area contributed by atoms with Crippen LogP contribution in [-0.4, -0.2) is 35.7 Å². The monoisotopic (exact) mass is 501 g/mol. The summed E-state index contributed by atoms with van der Waals surface area (Å²) in [5, 5.41) is 6.85. The second-order valence-electron chi connectivity index (χ2n) is 10.1. The second-order valence-corrected chi connectivity index (χ2v) is 10.5. The fraction of sp³-hybridized carbons (Fsp3) is 0.407. The number of aromatic amines is 1. The van der Waals surface area contributed by atoms with Crippen molar-refractivity contribution in [3.05, 3.63) is 59.0 Å². The molecule has 1 heterocycles. The number of carbonyl (C=O) groups excluding carboxylic acids is 2. The Labute approximate surface area is 210 Å². The van der Waals surface area contributed by atoms with Gasteiger partial charge in [0.1, 0.15) is 17.1 Å². The summed E-state index contributed by atoms with van der Waals surface area (Å²) < 4.78 is 19.3. The fourth-order valence-corrected chi connectivity index (χ4v) is 4.29. The SMILES string of the molecule is CC(CNC(=O)OC(C)(C)C)C[C@H](C)CNC(=O)c1[nH]c2ccc(F)cc2c1-c1ccccc1Cl. The molecule has 0 aliphatic carbocycles. The Morgan fingerprint density at radius 1 is 1.06 bits per heavy atom. The van der Waals surface area contributed by atoms with Crippen LogP contribution in [0.15, 0.2) is 42.5 Å². The molecule has 0 aliphatic heterocycles. The summed E-state index contributed by atoms with van der Waals surface area (Å²) in [4.78, 5) is 28.2. The topological polar surface area (TPSA) is 83.2 Å². The minimum atomic E-state index is -0.540. The normalized spacial score (nSPS) is 13.3. The van der Waals surface area contributed by atoms with Crippen molar-refractivity contribution in [3.63, 3.8) is 0 Å². The molecule has 3 rings (SSSR count). The molecule has 3 aromatic rings. The molecular formula is C27H33ClFN3O3. The number of nitrogens with one attached hydrogen (secondary N) is 3. The van der Waals surface area contributed by atoms with Gasteiger partial charge in [0.05, 0.1) is 0 Å². The Bertz CT molecular complexity index is 1200. The second kappa shape index (κ2) is 11.1. The summed E-state index contributed by atoms with van der Waals surface area (Å²) in [6, 6.07) is 11.6. The summed E-state index contributed by atoms with van der Waals surface area (Å²) in [6.45, 7) is 10.5. The van der Waals surface area contributed by atoms with Crippen molar-refractivity contribution in [2.45, 2.75) is 46.6 Å². The number of alkyl carbamates (subject to hydrolysis) is 1. The van der Waals surface area contributed by atoms with Crippen LogP contribution >= 0.6 is 11.6 Å². The molecule has 188 valence electrons. The van der Waals surface area contributed by atoms with Crippen LogP contribution in [0.3, 0.4) is 0 Å². The van der Waals surface area contributed by atoms with Crippen LogP contribution in [0.4, 0.5) is 9.18 Å². The largest absolute Gasteiger partial charge is 0.444 e. The van der Waals surface area contributed by atoms with Crippen LogP contribution in [0.2, 0.25) is 5.02 Å². The van der Waals surface area contributed by atoms with E-state index in [1.54, 1.807) is 12.1 Å². The third kappa shape index (κ3) is 7.21. The molecule has 0 radical (unpaired) electrons. The molecule has 0 aliphatic rings. The number of ether oxygens (including phenoxy) is 1. The summed E-state index contributed by atoms with van der Waals surface area (Å²) in [5.41, 5.74) is 1.69. The predicted octanol–water partition coefficient (Wildman–Crippen LogP) is 6.54. The number of rotatable bonds is 8. The maximum absolute atomic E-state index is 14.0. The number of halogens is 2. The van der Waals surface area contributed by atoms with E-state index < -0.39 is 11.7 Å². The lowest BCUT2D eigenvalue weighted by molar-refractivity contribution is 0.0518. The average molecular weight is 502 g/mol. The highest BCUT2D eigenvalue weighted by molar-refractivity contribution is 6.34. The Hall–Kier alpha value is -3.06. The van der Waals surface area contributed by atoms with E-state index in [0.717, 1.165) is 6.42 Å². The van der Waals surface area contributed by atoms with Crippen LogP contribution in [0.1, 0.15) is 51.5 Å². The van der Waals surface area contributed by atoms with E-state index in [1.807, 2.05) is 52.8 Å². The van der Waals surface area contributed by atoms with Crippen LogP contribution < -0.4 is 10.6 Å². The molecule has 2 amide bonds. The number of aromatic nitrogens is 1. The molecule has 0 fully saturated rings. The summed E-state index contributed by atoms with van der Waals surface area (Å²) in [7, 11) is 0. The van der Waals surface area contributed by atoms with Gasteiger partial charge in [-0.05, 0) is 63.3 Å². The molecule has 3 N–H and O–H groups in total. The molecule has 1 aromatic heterocycles. The van der Waals surface area contributed by atoms with Gasteiger partial charge in [0, 0.05) is 40.1 Å². The highest BCUT2D eigenvalue weighted by atomic mass is 35.5. The number of amides is 2. The van der Waals surface area contributed by atoms with Crippen LogP contribution in [0.25, 0.3) is 22.0 Å². The van der Waals surface area contributed by atoms with E-state index in [4.69, 9.17) is 16.3 Å². The zero-order valence-corrected chi connectivity index (χ0v) is 21.6. The highest BCUT2D eigenvalue weighted by Gasteiger charge is 2.22. The van der Waals surface area contributed by atoms with Crippen molar-refractivity contribution in [2.24, 2.45) is 11.8 Å². The highest BCUT2D eigenvalue weighted by Crippen LogP contribution is 2.37. The smallest absolute Gasteiger partial charge is 0.407 e. The zero-order valence-electron chi connectivity index (χ0n) is 20.8. The average Bonchev–Trinajstić information content (AvgIpc) is 3.14. The van der Waals surface area contributed by atoms with Crippen LogP contribution in [-0.2, 0) is 4.74 Å². The first-order valence-corrected chi connectivity index (χ1v) is 12.1. The lowest BCUT2D eigenvalue weighted by Crippen LogP contribution is -2.35. The third-order valence-electron chi connectivity index (χ3n) is 5.54. The molecule has 0 spiro atoms. The number of H-pyrrole nitrogens is 1. The van der Waals surface area contributed by atoms with Crippen LogP contribution in [0, 0.1) is 17.7 Å². The summed E-state index contributed by atoms with van der Waals surface area (Å²) in [5.74, 6) is -0.314. The van der Waals surface area contributed by atoms with Gasteiger partial charge >= 0.3 is 6.09 Å². The van der Waals surface area contributed by atoms with Gasteiger partial charge in [-0.25, -0.2) is 9.18 Å². The molecule has 6 nitrogen and oxygen atoms in total. The molecule has 2 atom stereocenters. The quantitative estimate of drug-likeness (QED) is 0.327. The Morgan fingerprint density at radius 2 is 1.71 bits per heavy atom.